The van der Waals surface area contributed by atoms with Crippen LogP contribution in [-0.4, -0.2) is 55.7 Å². The topological polar surface area (TPSA) is 48.8 Å². The number of hydrogen-bond acceptors (Lipinski definition) is 5. The summed E-state index contributed by atoms with van der Waals surface area (Å²) in [5.41, 5.74) is 2.46. The van der Waals surface area contributed by atoms with Crippen LogP contribution in [0.15, 0.2) is 30.6 Å². The molecule has 1 aromatic carbocycles. The zero-order valence-corrected chi connectivity index (χ0v) is 15.4. The van der Waals surface area contributed by atoms with Crippen molar-refractivity contribution in [2.24, 2.45) is 13.0 Å². The Morgan fingerprint density at radius 3 is 2.64 bits per heavy atom. The van der Waals surface area contributed by atoms with Gasteiger partial charge in [-0.2, -0.15) is 5.10 Å². The average molecular weight is 345 g/mol. The molecule has 6 heteroatoms. The second-order valence-electron chi connectivity index (χ2n) is 6.64. The third-order valence-electron chi connectivity index (χ3n) is 4.94. The molecule has 1 saturated heterocycles. The molecule has 0 saturated carbocycles. The minimum absolute atomic E-state index is 0.442. The zero-order chi connectivity index (χ0) is 17.8. The fourth-order valence-corrected chi connectivity index (χ4v) is 3.71. The van der Waals surface area contributed by atoms with Gasteiger partial charge < -0.3 is 14.2 Å². The molecule has 6 nitrogen and oxygen atoms in total. The molecule has 0 N–H and O–H groups in total. The molecule has 136 valence electrons. The van der Waals surface area contributed by atoms with E-state index in [9.17, 15) is 0 Å². The van der Waals surface area contributed by atoms with Crippen LogP contribution in [0.1, 0.15) is 17.0 Å². The summed E-state index contributed by atoms with van der Waals surface area (Å²) in [6.45, 7) is 3.61. The van der Waals surface area contributed by atoms with Crippen LogP contribution in [0.2, 0.25) is 0 Å². The van der Waals surface area contributed by atoms with Gasteiger partial charge in [0.2, 0.25) is 0 Å². The van der Waals surface area contributed by atoms with Crippen molar-refractivity contribution >= 4 is 0 Å². The maximum Gasteiger partial charge on any atom is 0.127 e. The molecule has 2 aromatic rings. The van der Waals surface area contributed by atoms with Gasteiger partial charge in [-0.15, -0.1) is 0 Å². The lowest BCUT2D eigenvalue weighted by molar-refractivity contribution is 0.147. The van der Waals surface area contributed by atoms with Gasteiger partial charge in [-0.1, -0.05) is 6.07 Å². The minimum Gasteiger partial charge on any atom is -0.497 e. The van der Waals surface area contributed by atoms with Gasteiger partial charge in [-0.3, -0.25) is 9.58 Å². The molecule has 2 atom stereocenters. The highest BCUT2D eigenvalue weighted by atomic mass is 16.5. The van der Waals surface area contributed by atoms with Crippen LogP contribution in [0.25, 0.3) is 0 Å². The first-order chi connectivity index (χ1) is 12.1. The molecular formula is C19H27N3O3. The van der Waals surface area contributed by atoms with E-state index in [1.165, 1.54) is 11.1 Å². The summed E-state index contributed by atoms with van der Waals surface area (Å²) in [5, 5.41) is 4.33. The summed E-state index contributed by atoms with van der Waals surface area (Å²) < 4.78 is 18.2. The Labute approximate surface area is 149 Å². The summed E-state index contributed by atoms with van der Waals surface area (Å²) in [5.74, 6) is 2.59. The predicted molar refractivity (Wildman–Crippen MR) is 96.1 cm³/mol. The number of benzene rings is 1. The number of ether oxygens (including phenoxy) is 3. The first-order valence-corrected chi connectivity index (χ1v) is 8.55. The normalized spacial score (nSPS) is 20.8. The predicted octanol–water partition coefficient (Wildman–Crippen LogP) is 2.30. The molecule has 1 aliphatic rings. The molecule has 0 bridgehead atoms. The van der Waals surface area contributed by atoms with E-state index in [0.29, 0.717) is 11.8 Å². The number of aromatic nitrogens is 2. The molecule has 0 amide bonds. The number of rotatable bonds is 7. The van der Waals surface area contributed by atoms with Crippen molar-refractivity contribution < 1.29 is 14.2 Å². The Hall–Kier alpha value is -2.05. The highest BCUT2D eigenvalue weighted by Gasteiger charge is 2.34. The van der Waals surface area contributed by atoms with E-state index in [-0.39, 0.29) is 0 Å². The Balaban J connectivity index is 1.75. The van der Waals surface area contributed by atoms with Crippen molar-refractivity contribution in [2.75, 3.05) is 41.0 Å². The molecule has 3 rings (SSSR count). The Kier molecular flexibility index (Phi) is 5.60. The Morgan fingerprint density at radius 2 is 2.00 bits per heavy atom. The van der Waals surface area contributed by atoms with Crippen molar-refractivity contribution in [3.8, 4) is 11.5 Å². The molecular weight excluding hydrogens is 318 g/mol. The number of nitrogens with zero attached hydrogens (tertiary/aromatic N) is 3. The summed E-state index contributed by atoms with van der Waals surface area (Å²) in [6.07, 6.45) is 4.09. The summed E-state index contributed by atoms with van der Waals surface area (Å²) >= 11 is 0. The maximum absolute atomic E-state index is 5.54. The second-order valence-corrected chi connectivity index (χ2v) is 6.64. The SMILES string of the molecule is COC[C@@H]1CN(Cc2ccc(OC)cc2OC)C[C@H]1c1cnn(C)c1. The van der Waals surface area contributed by atoms with Gasteiger partial charge >= 0.3 is 0 Å². The van der Waals surface area contributed by atoms with Crippen LogP contribution in [-0.2, 0) is 18.3 Å². The van der Waals surface area contributed by atoms with Gasteiger partial charge in [0.05, 0.1) is 27.0 Å². The van der Waals surface area contributed by atoms with E-state index in [2.05, 4.69) is 22.3 Å². The van der Waals surface area contributed by atoms with E-state index in [4.69, 9.17) is 14.2 Å². The highest BCUT2D eigenvalue weighted by molar-refractivity contribution is 5.40. The Bertz CT molecular complexity index is 701. The van der Waals surface area contributed by atoms with Gasteiger partial charge in [0.1, 0.15) is 11.5 Å². The molecule has 0 unspecified atom stereocenters. The van der Waals surface area contributed by atoms with Crippen LogP contribution < -0.4 is 9.47 Å². The third kappa shape index (κ3) is 3.96. The number of aryl methyl sites for hydroxylation is 1. The van der Waals surface area contributed by atoms with E-state index in [1.807, 2.05) is 30.1 Å². The third-order valence-corrected chi connectivity index (χ3v) is 4.94. The van der Waals surface area contributed by atoms with Crippen LogP contribution >= 0.6 is 0 Å². The largest absolute Gasteiger partial charge is 0.497 e. The number of likely N-dealkylation sites (tertiary alicyclic amines) is 1. The summed E-state index contributed by atoms with van der Waals surface area (Å²) in [6, 6.07) is 6.01. The van der Waals surface area contributed by atoms with Gasteiger partial charge in [0.25, 0.3) is 0 Å². The van der Waals surface area contributed by atoms with E-state index in [1.54, 1.807) is 21.3 Å². The van der Waals surface area contributed by atoms with Crippen LogP contribution in [0, 0.1) is 5.92 Å². The highest BCUT2D eigenvalue weighted by Crippen LogP contribution is 2.35. The fourth-order valence-electron chi connectivity index (χ4n) is 3.71. The van der Waals surface area contributed by atoms with Crippen molar-refractivity contribution in [1.82, 2.24) is 14.7 Å². The van der Waals surface area contributed by atoms with Crippen LogP contribution in [0.3, 0.4) is 0 Å². The lowest BCUT2D eigenvalue weighted by Crippen LogP contribution is -2.21. The van der Waals surface area contributed by atoms with E-state index < -0.39 is 0 Å². The number of methoxy groups -OCH3 is 3. The molecule has 2 heterocycles. The summed E-state index contributed by atoms with van der Waals surface area (Å²) in [4.78, 5) is 2.46. The van der Waals surface area contributed by atoms with E-state index >= 15 is 0 Å². The smallest absolute Gasteiger partial charge is 0.127 e. The standard InChI is InChI=1S/C19H27N3O3/c1-21-9-15(8-20-21)18-12-22(11-16(18)13-23-2)10-14-5-6-17(24-3)7-19(14)25-4/h5-9,16,18H,10-13H2,1-4H3/t16-,18-/m0/s1. The van der Waals surface area contributed by atoms with Crippen molar-refractivity contribution in [1.29, 1.82) is 0 Å². The average Bonchev–Trinajstić information content (AvgIpc) is 3.21. The lowest BCUT2D eigenvalue weighted by Gasteiger charge is -2.18. The van der Waals surface area contributed by atoms with Crippen LogP contribution in [0.5, 0.6) is 11.5 Å². The van der Waals surface area contributed by atoms with Crippen LogP contribution in [0.4, 0.5) is 0 Å². The van der Waals surface area contributed by atoms with Crippen molar-refractivity contribution in [3.63, 3.8) is 0 Å². The molecule has 1 aromatic heterocycles. The van der Waals surface area contributed by atoms with Gasteiger partial charge in [-0.25, -0.2) is 0 Å². The monoisotopic (exact) mass is 345 g/mol. The van der Waals surface area contributed by atoms with Crippen molar-refractivity contribution in [3.05, 3.63) is 41.7 Å². The summed E-state index contributed by atoms with van der Waals surface area (Å²) in [7, 11) is 7.11. The van der Waals surface area contributed by atoms with Crippen molar-refractivity contribution in [2.45, 2.75) is 12.5 Å². The minimum atomic E-state index is 0.442. The molecule has 1 aliphatic heterocycles. The quantitative estimate of drug-likeness (QED) is 0.771. The Morgan fingerprint density at radius 1 is 1.16 bits per heavy atom. The van der Waals surface area contributed by atoms with E-state index in [0.717, 1.165) is 37.7 Å². The molecule has 0 spiro atoms. The first kappa shape index (κ1) is 17.8. The molecule has 1 fully saturated rings. The lowest BCUT2D eigenvalue weighted by atomic mass is 9.92. The molecule has 0 aliphatic carbocycles. The van der Waals surface area contributed by atoms with Gasteiger partial charge in [0, 0.05) is 63.5 Å². The number of hydrogen-bond donors (Lipinski definition) is 0. The molecule has 0 radical (unpaired) electrons. The molecule has 25 heavy (non-hydrogen) atoms. The maximum atomic E-state index is 5.54. The first-order valence-electron chi connectivity index (χ1n) is 8.55. The van der Waals surface area contributed by atoms with Gasteiger partial charge in [-0.05, 0) is 11.6 Å². The fraction of sp³-hybridized carbons (Fsp3) is 0.526. The second kappa shape index (κ2) is 7.89. The van der Waals surface area contributed by atoms with Gasteiger partial charge in [0.15, 0.2) is 0 Å². The zero-order valence-electron chi connectivity index (χ0n) is 15.4.